The van der Waals surface area contributed by atoms with Crippen LogP contribution in [-0.2, 0) is 15.9 Å². The summed E-state index contributed by atoms with van der Waals surface area (Å²) in [7, 11) is 1.66. The summed E-state index contributed by atoms with van der Waals surface area (Å²) in [5, 5.41) is 0. The Kier molecular flexibility index (Phi) is 4.36. The zero-order chi connectivity index (χ0) is 12.1. The summed E-state index contributed by atoms with van der Waals surface area (Å²) < 4.78 is 15.8. The molecule has 1 atom stereocenters. The smallest absolute Gasteiger partial charge is 0.122 e. The molecule has 0 radical (unpaired) electrons. The average molecular weight is 237 g/mol. The Labute approximate surface area is 102 Å². The van der Waals surface area contributed by atoms with Gasteiger partial charge in [0.25, 0.3) is 0 Å². The first kappa shape index (κ1) is 12.4. The fraction of sp³-hybridized carbons (Fsp3) is 0.538. The molecule has 0 saturated heterocycles. The summed E-state index contributed by atoms with van der Waals surface area (Å²) in [6, 6.07) is 6.03. The molecule has 1 aromatic rings. The third-order valence-electron chi connectivity index (χ3n) is 2.87. The molecule has 94 valence electrons. The van der Waals surface area contributed by atoms with E-state index in [1.54, 1.807) is 7.11 Å². The van der Waals surface area contributed by atoms with Gasteiger partial charge in [-0.05, 0) is 17.2 Å². The summed E-state index contributed by atoms with van der Waals surface area (Å²) in [5.41, 5.74) is 8.41. The lowest BCUT2D eigenvalue weighted by molar-refractivity contribution is 0.0636. The van der Waals surface area contributed by atoms with Crippen molar-refractivity contribution in [2.75, 3.05) is 33.5 Å². The van der Waals surface area contributed by atoms with Gasteiger partial charge in [0.2, 0.25) is 0 Å². The SMILES string of the molecule is COCCOCC(N)c1ccc2c(c1)CCO2. The molecule has 1 aromatic carbocycles. The highest BCUT2D eigenvalue weighted by atomic mass is 16.5. The molecule has 2 N–H and O–H groups in total. The van der Waals surface area contributed by atoms with Gasteiger partial charge in [0.1, 0.15) is 5.75 Å². The summed E-state index contributed by atoms with van der Waals surface area (Å²) in [6.45, 7) is 2.48. The van der Waals surface area contributed by atoms with Crippen molar-refractivity contribution in [3.63, 3.8) is 0 Å². The van der Waals surface area contributed by atoms with Crippen LogP contribution in [0.4, 0.5) is 0 Å². The van der Waals surface area contributed by atoms with Crippen molar-refractivity contribution in [3.8, 4) is 5.75 Å². The lowest BCUT2D eigenvalue weighted by Crippen LogP contribution is -2.18. The van der Waals surface area contributed by atoms with Crippen molar-refractivity contribution in [1.82, 2.24) is 0 Å². The van der Waals surface area contributed by atoms with Crippen LogP contribution in [0.1, 0.15) is 17.2 Å². The first-order valence-corrected chi connectivity index (χ1v) is 5.89. The molecule has 1 aliphatic heterocycles. The van der Waals surface area contributed by atoms with Crippen LogP contribution >= 0.6 is 0 Å². The largest absolute Gasteiger partial charge is 0.493 e. The Balaban J connectivity index is 1.88. The van der Waals surface area contributed by atoms with E-state index in [1.807, 2.05) is 12.1 Å². The van der Waals surface area contributed by atoms with E-state index >= 15 is 0 Å². The van der Waals surface area contributed by atoms with Crippen LogP contribution in [0, 0.1) is 0 Å². The fourth-order valence-electron chi connectivity index (χ4n) is 1.89. The van der Waals surface area contributed by atoms with Crippen LogP contribution < -0.4 is 10.5 Å². The van der Waals surface area contributed by atoms with Gasteiger partial charge in [0.05, 0.1) is 32.5 Å². The Bertz CT molecular complexity index is 368. The molecule has 0 amide bonds. The second-order valence-electron chi connectivity index (χ2n) is 4.14. The minimum Gasteiger partial charge on any atom is -0.493 e. The van der Waals surface area contributed by atoms with Gasteiger partial charge in [0, 0.05) is 13.5 Å². The van der Waals surface area contributed by atoms with E-state index in [9.17, 15) is 0 Å². The van der Waals surface area contributed by atoms with E-state index in [-0.39, 0.29) is 6.04 Å². The molecule has 2 rings (SSSR count). The predicted octanol–water partition coefficient (Wildman–Crippen LogP) is 1.28. The van der Waals surface area contributed by atoms with Gasteiger partial charge >= 0.3 is 0 Å². The third-order valence-corrected chi connectivity index (χ3v) is 2.87. The molecule has 4 nitrogen and oxygen atoms in total. The maximum Gasteiger partial charge on any atom is 0.122 e. The van der Waals surface area contributed by atoms with Crippen LogP contribution in [0.25, 0.3) is 0 Å². The van der Waals surface area contributed by atoms with Crippen LogP contribution in [0.5, 0.6) is 5.75 Å². The topological polar surface area (TPSA) is 53.7 Å². The highest BCUT2D eigenvalue weighted by molar-refractivity contribution is 5.40. The van der Waals surface area contributed by atoms with E-state index in [2.05, 4.69) is 6.07 Å². The van der Waals surface area contributed by atoms with Crippen molar-refractivity contribution in [3.05, 3.63) is 29.3 Å². The van der Waals surface area contributed by atoms with Crippen LogP contribution in [0.15, 0.2) is 18.2 Å². The van der Waals surface area contributed by atoms with Gasteiger partial charge in [-0.3, -0.25) is 0 Å². The minimum atomic E-state index is -0.0854. The van der Waals surface area contributed by atoms with Crippen molar-refractivity contribution in [1.29, 1.82) is 0 Å². The third kappa shape index (κ3) is 3.19. The molecule has 0 aromatic heterocycles. The molecule has 1 unspecified atom stereocenters. The zero-order valence-corrected chi connectivity index (χ0v) is 10.1. The van der Waals surface area contributed by atoms with Crippen LogP contribution in [0.3, 0.4) is 0 Å². The number of hydrogen-bond acceptors (Lipinski definition) is 4. The van der Waals surface area contributed by atoms with Gasteiger partial charge < -0.3 is 19.9 Å². The summed E-state index contributed by atoms with van der Waals surface area (Å²) >= 11 is 0. The Morgan fingerprint density at radius 1 is 1.41 bits per heavy atom. The van der Waals surface area contributed by atoms with Crippen molar-refractivity contribution in [2.45, 2.75) is 12.5 Å². The van der Waals surface area contributed by atoms with Crippen LogP contribution in [-0.4, -0.2) is 33.5 Å². The maximum atomic E-state index is 6.06. The molecule has 1 heterocycles. The maximum absolute atomic E-state index is 6.06. The van der Waals surface area contributed by atoms with E-state index < -0.39 is 0 Å². The van der Waals surface area contributed by atoms with Gasteiger partial charge in [-0.15, -0.1) is 0 Å². The molecule has 0 bridgehead atoms. The van der Waals surface area contributed by atoms with Crippen LogP contribution in [0.2, 0.25) is 0 Å². The highest BCUT2D eigenvalue weighted by Crippen LogP contribution is 2.27. The van der Waals surface area contributed by atoms with Crippen molar-refractivity contribution < 1.29 is 14.2 Å². The monoisotopic (exact) mass is 237 g/mol. The van der Waals surface area contributed by atoms with E-state index in [0.29, 0.717) is 19.8 Å². The number of hydrogen-bond donors (Lipinski definition) is 1. The van der Waals surface area contributed by atoms with E-state index in [4.69, 9.17) is 19.9 Å². The quantitative estimate of drug-likeness (QED) is 0.757. The lowest BCUT2D eigenvalue weighted by atomic mass is 10.0. The van der Waals surface area contributed by atoms with Crippen molar-refractivity contribution >= 4 is 0 Å². The summed E-state index contributed by atoms with van der Waals surface area (Å²) in [4.78, 5) is 0. The first-order valence-electron chi connectivity index (χ1n) is 5.89. The van der Waals surface area contributed by atoms with Gasteiger partial charge in [-0.1, -0.05) is 12.1 Å². The fourth-order valence-corrected chi connectivity index (χ4v) is 1.89. The molecule has 0 spiro atoms. The number of ether oxygens (including phenoxy) is 3. The molecule has 0 aliphatic carbocycles. The van der Waals surface area contributed by atoms with Gasteiger partial charge in [0.15, 0.2) is 0 Å². The highest BCUT2D eigenvalue weighted by Gasteiger charge is 2.14. The van der Waals surface area contributed by atoms with Crippen molar-refractivity contribution in [2.24, 2.45) is 5.73 Å². The molecule has 0 fully saturated rings. The number of methoxy groups -OCH3 is 1. The second-order valence-corrected chi connectivity index (χ2v) is 4.14. The molecule has 1 aliphatic rings. The zero-order valence-electron chi connectivity index (χ0n) is 10.1. The lowest BCUT2D eigenvalue weighted by Gasteiger charge is -2.13. The minimum absolute atomic E-state index is 0.0854. The normalized spacial score (nSPS) is 15.4. The molecule has 0 saturated carbocycles. The van der Waals surface area contributed by atoms with E-state index in [1.165, 1.54) is 5.56 Å². The van der Waals surface area contributed by atoms with E-state index in [0.717, 1.165) is 24.3 Å². The second kappa shape index (κ2) is 6.00. The number of rotatable bonds is 6. The molecular formula is C13H19NO3. The average Bonchev–Trinajstić information content (AvgIpc) is 2.81. The molecule has 4 heteroatoms. The summed E-state index contributed by atoms with van der Waals surface area (Å²) in [6.07, 6.45) is 0.973. The Morgan fingerprint density at radius 3 is 3.12 bits per heavy atom. The number of benzene rings is 1. The predicted molar refractivity (Wildman–Crippen MR) is 65.3 cm³/mol. The molecular weight excluding hydrogens is 218 g/mol. The summed E-state index contributed by atoms with van der Waals surface area (Å²) in [5.74, 6) is 0.987. The molecule has 17 heavy (non-hydrogen) atoms. The van der Waals surface area contributed by atoms with Gasteiger partial charge in [-0.25, -0.2) is 0 Å². The number of nitrogens with two attached hydrogens (primary N) is 1. The number of fused-ring (bicyclic) bond motifs is 1. The first-order chi connectivity index (χ1) is 8.31. The Hall–Kier alpha value is -1.10. The van der Waals surface area contributed by atoms with Gasteiger partial charge in [-0.2, -0.15) is 0 Å². The standard InChI is InChI=1S/C13H19NO3/c1-15-6-7-16-9-12(14)10-2-3-13-11(8-10)4-5-17-13/h2-3,8,12H,4-7,9,14H2,1H3. The Morgan fingerprint density at radius 2 is 2.29 bits per heavy atom.